The molecule has 1 saturated heterocycles. The van der Waals surface area contributed by atoms with E-state index in [0.29, 0.717) is 21.4 Å². The molecule has 1 aromatic carbocycles. The Bertz CT molecular complexity index is 643. The van der Waals surface area contributed by atoms with Crippen LogP contribution in [-0.2, 0) is 14.3 Å². The van der Waals surface area contributed by atoms with Crippen molar-refractivity contribution >= 4 is 46.3 Å². The van der Waals surface area contributed by atoms with Crippen LogP contribution in [0.5, 0.6) is 0 Å². The Morgan fingerprint density at radius 1 is 1.39 bits per heavy atom. The number of carbonyl (C=O) groups is 2. The maximum atomic E-state index is 12.9. The summed E-state index contributed by atoms with van der Waals surface area (Å²) in [7, 11) is 0. The molecule has 0 atom stereocenters. The fraction of sp³-hybridized carbons (Fsp3) is 0.312. The van der Waals surface area contributed by atoms with Crippen LogP contribution in [0, 0.1) is 5.82 Å². The quantitative estimate of drug-likeness (QED) is 0.446. The average molecular weight is 353 g/mol. The molecule has 0 aliphatic carbocycles. The van der Waals surface area contributed by atoms with E-state index in [-0.39, 0.29) is 30.7 Å². The van der Waals surface area contributed by atoms with Crippen molar-refractivity contribution in [2.45, 2.75) is 19.8 Å². The first-order valence-electron chi connectivity index (χ1n) is 7.18. The van der Waals surface area contributed by atoms with Gasteiger partial charge in [-0.15, -0.1) is 0 Å². The molecule has 0 bridgehead atoms. The molecule has 0 saturated carbocycles. The van der Waals surface area contributed by atoms with Crippen LogP contribution in [0.3, 0.4) is 0 Å². The molecule has 1 heterocycles. The highest BCUT2D eigenvalue weighted by Gasteiger charge is 2.32. The Morgan fingerprint density at radius 3 is 2.74 bits per heavy atom. The molecule has 0 unspecified atom stereocenters. The van der Waals surface area contributed by atoms with Gasteiger partial charge in [-0.25, -0.2) is 4.39 Å². The van der Waals surface area contributed by atoms with Gasteiger partial charge < -0.3 is 4.74 Å². The molecule has 1 aromatic rings. The summed E-state index contributed by atoms with van der Waals surface area (Å²) in [6, 6.07) is 5.83. The lowest BCUT2D eigenvalue weighted by Gasteiger charge is -2.13. The molecule has 122 valence electrons. The summed E-state index contributed by atoms with van der Waals surface area (Å²) in [5, 5.41) is 0. The first-order valence-corrected chi connectivity index (χ1v) is 8.40. The first-order chi connectivity index (χ1) is 11.0. The Morgan fingerprint density at radius 2 is 2.09 bits per heavy atom. The predicted molar refractivity (Wildman–Crippen MR) is 92.1 cm³/mol. The van der Waals surface area contributed by atoms with Crippen LogP contribution >= 0.6 is 24.0 Å². The molecule has 1 amide bonds. The fourth-order valence-electron chi connectivity index (χ4n) is 1.89. The van der Waals surface area contributed by atoms with E-state index in [1.807, 2.05) is 6.92 Å². The number of nitrogens with zero attached hydrogens (tertiary/aromatic N) is 1. The summed E-state index contributed by atoms with van der Waals surface area (Å²) in [5.74, 6) is -0.920. The second kappa shape index (κ2) is 8.21. The molecule has 7 heteroatoms. The van der Waals surface area contributed by atoms with Crippen LogP contribution in [0.1, 0.15) is 25.3 Å². The standard InChI is InChI=1S/C16H16FNO3S2/c1-2-9-21-14(19)7-8-18-15(20)13(23-16(18)22)10-11-3-5-12(17)6-4-11/h3-6,10H,2,7-9H2,1H3/b13-10-. The van der Waals surface area contributed by atoms with E-state index in [0.717, 1.165) is 6.42 Å². The lowest BCUT2D eigenvalue weighted by Crippen LogP contribution is -2.30. The molecule has 2 rings (SSSR count). The zero-order valence-corrected chi connectivity index (χ0v) is 14.2. The normalized spacial score (nSPS) is 16.3. The number of hydrogen-bond acceptors (Lipinski definition) is 5. The fourth-order valence-corrected chi connectivity index (χ4v) is 3.20. The number of rotatable bonds is 6. The topological polar surface area (TPSA) is 46.6 Å². The van der Waals surface area contributed by atoms with Crippen LogP contribution in [-0.4, -0.2) is 34.2 Å². The van der Waals surface area contributed by atoms with Crippen LogP contribution in [0.25, 0.3) is 6.08 Å². The van der Waals surface area contributed by atoms with E-state index < -0.39 is 0 Å². The molecule has 0 spiro atoms. The zero-order valence-electron chi connectivity index (χ0n) is 12.6. The summed E-state index contributed by atoms with van der Waals surface area (Å²) in [5.41, 5.74) is 0.717. The second-order valence-electron chi connectivity index (χ2n) is 4.86. The van der Waals surface area contributed by atoms with E-state index >= 15 is 0 Å². The molecular weight excluding hydrogens is 337 g/mol. The number of amides is 1. The Hall–Kier alpha value is -1.73. The summed E-state index contributed by atoms with van der Waals surface area (Å²) in [4.78, 5) is 25.7. The van der Waals surface area contributed by atoms with Crippen molar-refractivity contribution in [3.8, 4) is 0 Å². The predicted octanol–water partition coefficient (Wildman–Crippen LogP) is 3.37. The van der Waals surface area contributed by atoms with Gasteiger partial charge in [0.05, 0.1) is 17.9 Å². The monoisotopic (exact) mass is 353 g/mol. The Balaban J connectivity index is 1.99. The largest absolute Gasteiger partial charge is 0.466 e. The third-order valence-corrected chi connectivity index (χ3v) is 4.43. The van der Waals surface area contributed by atoms with Crippen molar-refractivity contribution in [1.82, 2.24) is 4.90 Å². The number of hydrogen-bond donors (Lipinski definition) is 0. The van der Waals surface area contributed by atoms with E-state index in [9.17, 15) is 14.0 Å². The number of esters is 1. The molecule has 4 nitrogen and oxygen atoms in total. The highest BCUT2D eigenvalue weighted by Crippen LogP contribution is 2.32. The minimum Gasteiger partial charge on any atom is -0.466 e. The number of thiocarbonyl (C=S) groups is 1. The second-order valence-corrected chi connectivity index (χ2v) is 6.53. The highest BCUT2D eigenvalue weighted by molar-refractivity contribution is 8.26. The van der Waals surface area contributed by atoms with Crippen molar-refractivity contribution in [3.05, 3.63) is 40.6 Å². The number of carbonyl (C=O) groups excluding carboxylic acids is 2. The maximum absolute atomic E-state index is 12.9. The van der Waals surface area contributed by atoms with Gasteiger partial charge in [0.2, 0.25) is 0 Å². The van der Waals surface area contributed by atoms with E-state index in [1.54, 1.807) is 18.2 Å². The minimum atomic E-state index is -0.344. The van der Waals surface area contributed by atoms with Crippen LogP contribution in [0.4, 0.5) is 4.39 Å². The number of thioether (sulfide) groups is 1. The number of benzene rings is 1. The van der Waals surface area contributed by atoms with Gasteiger partial charge in [0.25, 0.3) is 5.91 Å². The van der Waals surface area contributed by atoms with Gasteiger partial charge in [0.1, 0.15) is 10.1 Å². The lowest BCUT2D eigenvalue weighted by atomic mass is 10.2. The molecule has 1 fully saturated rings. The SMILES string of the molecule is CCCOC(=O)CCN1C(=O)/C(=C/c2ccc(F)cc2)SC1=S. The van der Waals surface area contributed by atoms with Gasteiger partial charge in [-0.2, -0.15) is 0 Å². The lowest BCUT2D eigenvalue weighted by molar-refractivity contribution is -0.143. The molecule has 0 aromatic heterocycles. The smallest absolute Gasteiger partial charge is 0.307 e. The number of ether oxygens (including phenoxy) is 1. The molecule has 0 N–H and O–H groups in total. The molecule has 0 radical (unpaired) electrons. The maximum Gasteiger partial charge on any atom is 0.307 e. The minimum absolute atomic E-state index is 0.107. The van der Waals surface area contributed by atoms with Crippen LogP contribution in [0.2, 0.25) is 0 Å². The van der Waals surface area contributed by atoms with Gasteiger partial charge in [-0.05, 0) is 30.2 Å². The van der Waals surface area contributed by atoms with Gasteiger partial charge in [-0.1, -0.05) is 43.0 Å². The summed E-state index contributed by atoms with van der Waals surface area (Å²) >= 11 is 6.36. The van der Waals surface area contributed by atoms with Gasteiger partial charge in [0.15, 0.2) is 0 Å². The van der Waals surface area contributed by atoms with Crippen molar-refractivity contribution in [3.63, 3.8) is 0 Å². The van der Waals surface area contributed by atoms with E-state index in [1.165, 1.54) is 28.8 Å². The van der Waals surface area contributed by atoms with E-state index in [2.05, 4.69) is 0 Å². The highest BCUT2D eigenvalue weighted by atomic mass is 32.2. The van der Waals surface area contributed by atoms with Crippen molar-refractivity contribution in [2.75, 3.05) is 13.2 Å². The van der Waals surface area contributed by atoms with Crippen LogP contribution < -0.4 is 0 Å². The van der Waals surface area contributed by atoms with Crippen molar-refractivity contribution < 1.29 is 18.7 Å². The molecule has 23 heavy (non-hydrogen) atoms. The zero-order chi connectivity index (χ0) is 16.8. The van der Waals surface area contributed by atoms with Crippen molar-refractivity contribution in [1.29, 1.82) is 0 Å². The Labute approximate surface area is 143 Å². The van der Waals surface area contributed by atoms with Crippen molar-refractivity contribution in [2.24, 2.45) is 0 Å². The third-order valence-electron chi connectivity index (χ3n) is 3.05. The number of halogens is 1. The van der Waals surface area contributed by atoms with Gasteiger partial charge in [-0.3, -0.25) is 14.5 Å². The molecule has 1 aliphatic rings. The average Bonchev–Trinajstić information content (AvgIpc) is 2.79. The summed E-state index contributed by atoms with van der Waals surface area (Å²) in [6.45, 7) is 2.49. The summed E-state index contributed by atoms with van der Waals surface area (Å²) < 4.78 is 18.3. The molecular formula is C16H16FNO3S2. The third kappa shape index (κ3) is 4.87. The van der Waals surface area contributed by atoms with Gasteiger partial charge in [0, 0.05) is 6.54 Å². The van der Waals surface area contributed by atoms with Crippen LogP contribution in [0.15, 0.2) is 29.2 Å². The first kappa shape index (κ1) is 17.6. The Kier molecular flexibility index (Phi) is 6.29. The van der Waals surface area contributed by atoms with Gasteiger partial charge >= 0.3 is 5.97 Å². The van der Waals surface area contributed by atoms with E-state index in [4.69, 9.17) is 17.0 Å². The molecule has 1 aliphatic heterocycles. The summed E-state index contributed by atoms with van der Waals surface area (Å²) in [6.07, 6.45) is 2.53.